The summed E-state index contributed by atoms with van der Waals surface area (Å²) in [6.07, 6.45) is 5.78. The zero-order chi connectivity index (χ0) is 135. The lowest BCUT2D eigenvalue weighted by molar-refractivity contribution is 0.146. The number of nitrogens with two attached hydrogens (primary N) is 3. The van der Waals surface area contributed by atoms with Gasteiger partial charge in [-0.05, 0) is 135 Å². The number of piperazine rings is 5. The molecule has 16 rings (SSSR count). The van der Waals surface area contributed by atoms with Gasteiger partial charge in [0.05, 0.1) is 106 Å². The van der Waals surface area contributed by atoms with E-state index in [2.05, 4.69) is 140 Å². The normalized spacial score (nSPS) is 21.0. The van der Waals surface area contributed by atoms with Crippen molar-refractivity contribution in [1.29, 1.82) is 0 Å². The van der Waals surface area contributed by atoms with E-state index >= 15 is 0 Å². The molecule has 10 N–H and O–H groups in total. The number of ether oxygens (including phenoxy) is 10. The number of hydrogen-bond acceptors (Lipinski definition) is 37. The van der Waals surface area contributed by atoms with Gasteiger partial charge in [0.1, 0.15) is 85.0 Å². The fourth-order valence-corrected chi connectivity index (χ4v) is 14.0. The Bertz CT molecular complexity index is 6790. The second-order valence-corrected chi connectivity index (χ2v) is 30.0. The van der Waals surface area contributed by atoms with Crippen molar-refractivity contribution in [1.82, 2.24) is 79.4 Å². The number of anilines is 8. The molecule has 5 aliphatic rings. The number of likely N-dealkylation sites (N-methyl/N-ethyl adjacent to an activating group) is 2. The standard InChI is InChI=1S/C24H31N9O3.C16H27N3O2.C15H23ClN2O2.C15H24N2O3.C13H20N2O2.C8H5ClN6O.C2H5BrO.CH5N.2ClH/c1-30(20-17-21-27-22(23-26-7-14-36-23)29-33(21)24(25)28-20)8-9-31-10-12-32(13-11-31)18-3-5-19(6-4-18)35-16-15-34-2;1-17-7-8-18-9-11-19(12-10-18)15-3-5-16(6-4-15)21-14-13-20-2;1-19-12-13-20-15-4-2-14(3-5-15)18-10-8-17(7-6-16)9-11-18;1-19-12-13-20-15-4-2-14(3-5-15)17-8-6-16(7-9-17)10-11-18;1-16-10-11-17-13-4-2-12(3-5-13)15-8-6-14-7-9-15;9-4-3-5-13-6(7-11-1-2-16-7)14-15(5)8(10)12-4;3-1-2-4;1-2;;/h3-7,14,17H,8-13,15-16H2,1-2H3,(H2,25,28);3-6,17H,7-14H2,1-2H3;2-5H,6-13H2,1H3;2-5,18H,6-13H2,1H3;2-5,14H,6-11H2,1H3;1-3H,(H2,10,12);4H,1-2H2;2H2,1H3;2*1H/i1D3,2D3,15D2,16D2;1D3,2D3,13D2,14D2;2*1D3,12D2,13D2;1D3,10D2,11D2;;;1D3;;. The number of nitrogen functional groups attached to an aromatic ring is 2. The predicted molar refractivity (Wildman–Crippen MR) is 556 cm³/mol. The van der Waals surface area contributed by atoms with Gasteiger partial charge in [0, 0.05) is 276 Å². The zero-order valence-electron chi connectivity index (χ0n) is 119. The second-order valence-electron chi connectivity index (χ2n) is 28.5. The van der Waals surface area contributed by atoms with E-state index in [1.165, 1.54) is 106 Å². The summed E-state index contributed by atoms with van der Waals surface area (Å²) >= 11 is 14.5. The van der Waals surface area contributed by atoms with Gasteiger partial charge < -0.3 is 124 Å². The number of nitrogens with one attached hydrogen (secondary N) is 2. The quantitative estimate of drug-likeness (QED) is 0.0140. The zero-order valence-corrected chi connectivity index (χ0v) is 79.4. The number of benzene rings is 5. The van der Waals surface area contributed by atoms with Crippen molar-refractivity contribution in [3.63, 3.8) is 0 Å². The Balaban J connectivity index is 0.000000293. The largest absolute Gasteiger partial charge is 0.491 e. The number of nitrogens with zero attached hydrogens (tertiary/aromatic N) is 20. The summed E-state index contributed by atoms with van der Waals surface area (Å²) in [6, 6.07) is 35.2. The maximum Gasteiger partial charge on any atom is 0.266 e. The highest BCUT2D eigenvalue weighted by Crippen LogP contribution is 2.28. The van der Waals surface area contributed by atoms with Gasteiger partial charge >= 0.3 is 0 Å². The first-order valence-corrected chi connectivity index (χ1v) is 44.0. The summed E-state index contributed by atoms with van der Waals surface area (Å²) in [5, 5.41) is 31.8. The number of β-amino-alcohol motifs (C(OH)–C–C–N with tert-alkyl or cyclic N) is 1. The van der Waals surface area contributed by atoms with Gasteiger partial charge in [0.2, 0.25) is 23.5 Å². The average molecular weight is 2110 g/mol. The lowest BCUT2D eigenvalue weighted by atomic mass is 10.2. The highest BCUT2D eigenvalue weighted by molar-refractivity contribution is 9.09. The van der Waals surface area contributed by atoms with E-state index in [-0.39, 0.29) is 114 Å². The Morgan fingerprint density at radius 3 is 1.11 bits per heavy atom. The molecule has 0 amide bonds. The topological polar surface area (TPSA) is 406 Å². The molecule has 762 valence electrons. The van der Waals surface area contributed by atoms with Crippen molar-refractivity contribution < 1.29 is 127 Å². The number of aliphatic hydroxyl groups is 2. The summed E-state index contributed by atoms with van der Waals surface area (Å²) in [5.41, 5.74) is 21.3. The molecular formula is C94H142BrCl4N25O14. The number of alkyl halides is 2. The molecule has 0 unspecified atom stereocenters. The van der Waals surface area contributed by atoms with Crippen molar-refractivity contribution >= 4 is 121 Å². The molecule has 6 aromatic heterocycles. The molecule has 5 aromatic carbocycles. The molecule has 138 heavy (non-hydrogen) atoms. The molecule has 44 heteroatoms. The van der Waals surface area contributed by atoms with Crippen molar-refractivity contribution in [3.05, 3.63) is 164 Å². The van der Waals surface area contributed by atoms with Gasteiger partial charge in [0.15, 0.2) is 11.3 Å². The number of fused-ring (bicyclic) bond motifs is 2. The minimum atomic E-state index is -3.24. The average Bonchev–Trinajstić information content (AvgIpc) is 1.62. The number of rotatable bonds is 39. The third-order valence-electron chi connectivity index (χ3n) is 20.2. The SMILES string of the molecule is Cl.Cl.Nc1nc(Cl)cc2nc(-c3ncco3)nn12.OCCBr.[2H]C([2H])([2H])N.[2H]C([2H])([2H])NCCN1CCN(c2ccc(OC([2H])([2H])C([2H])([2H])OC([2H])([2H])[2H])cc2)CC1.[2H]C([2H])([2H])OC([2H])([2H])C([2H])([2H])Oc1ccc(N2CCN(CCCl)CC2)cc1.[2H]C([2H])([2H])OC([2H])([2H])C([2H])([2H])Oc1ccc(N2CCN(CCN(c3cc4nc(-c5ncco5)nn4c(N)n3)C([2H])([2H])[2H])CC2)cc1.[2H]C([2H])([2H])OC([2H])([2H])C([2H])([2H])Oc1ccc(N2CCN(CCO)CC2)cc1.[2H]C([2H])([2H])OC([2H])([2H])C([2H])([2H])Oc1ccc(N2CCNCC2)cc1. The summed E-state index contributed by atoms with van der Waals surface area (Å²) < 4.78 is 381. The van der Waals surface area contributed by atoms with Crippen LogP contribution in [0.5, 0.6) is 28.7 Å². The highest BCUT2D eigenvalue weighted by Gasteiger charge is 2.24. The van der Waals surface area contributed by atoms with Gasteiger partial charge in [-0.1, -0.05) is 27.5 Å². The van der Waals surface area contributed by atoms with Crippen LogP contribution in [0.4, 0.5) is 46.2 Å². The summed E-state index contributed by atoms with van der Waals surface area (Å²) in [5.74, 6) is 2.09. The third-order valence-corrected chi connectivity index (χ3v) is 20.9. The Kier molecular flexibility index (Phi) is 31.5. The number of aliphatic hydroxyl groups excluding tert-OH is 2. The monoisotopic (exact) mass is 2110 g/mol. The van der Waals surface area contributed by atoms with E-state index in [1.54, 1.807) is 66.7 Å². The Labute approximate surface area is 903 Å². The molecule has 5 saturated heterocycles. The van der Waals surface area contributed by atoms with Crippen LogP contribution in [-0.2, 0) is 23.7 Å². The van der Waals surface area contributed by atoms with Crippen LogP contribution in [0.15, 0.2) is 167 Å². The minimum Gasteiger partial charge on any atom is -0.491 e. The highest BCUT2D eigenvalue weighted by atomic mass is 79.9. The number of oxazole rings is 2. The van der Waals surface area contributed by atoms with Gasteiger partial charge in [-0.15, -0.1) is 46.6 Å². The first-order valence-electron chi connectivity index (χ1n) is 64.0. The summed E-state index contributed by atoms with van der Waals surface area (Å²) in [7, 11) is -15.5. The molecule has 5 aliphatic heterocycles. The molecule has 0 saturated carbocycles. The smallest absolute Gasteiger partial charge is 0.266 e. The number of halogens is 5. The molecule has 0 bridgehead atoms. The first-order chi connectivity index (χ1) is 83.0. The molecule has 0 aliphatic carbocycles. The maximum atomic E-state index is 8.98. The molecule has 11 aromatic rings. The second kappa shape index (κ2) is 66.7. The molecule has 0 atom stereocenters. The molecule has 0 radical (unpaired) electrons. The Hall–Kier alpha value is -9.90. The van der Waals surface area contributed by atoms with Crippen molar-refractivity contribution in [2.45, 2.75) is 0 Å². The Morgan fingerprint density at radius 1 is 0.457 bits per heavy atom. The van der Waals surface area contributed by atoms with Crippen LogP contribution in [0, 0.1) is 0 Å². The van der Waals surface area contributed by atoms with Gasteiger partial charge in [-0.3, -0.25) is 19.6 Å². The van der Waals surface area contributed by atoms with Crippen molar-refractivity contribution in [2.24, 2.45) is 5.73 Å². The molecule has 5 fully saturated rings. The van der Waals surface area contributed by atoms with Gasteiger partial charge in [0.25, 0.3) is 11.8 Å². The van der Waals surface area contributed by atoms with Crippen LogP contribution < -0.4 is 80.9 Å². The van der Waals surface area contributed by atoms with Crippen LogP contribution >= 0.6 is 63.9 Å². The van der Waals surface area contributed by atoms with Gasteiger partial charge in [-0.2, -0.15) is 14.0 Å². The fraction of sp³-hybridized carbons (Fsp3) is 0.511. The minimum absolute atomic E-state index is 0. The Morgan fingerprint density at radius 2 is 0.790 bits per heavy atom. The number of hydrogen-bond donors (Lipinski definition) is 7. The van der Waals surface area contributed by atoms with Crippen LogP contribution in [0.3, 0.4) is 0 Å². The van der Waals surface area contributed by atoms with Crippen LogP contribution in [0.25, 0.3) is 34.7 Å². The summed E-state index contributed by atoms with van der Waals surface area (Å²) in [6.45, 7) is -18.8. The van der Waals surface area contributed by atoms with Crippen LogP contribution in [-0.4, -0.2) is 395 Å². The van der Waals surface area contributed by atoms with E-state index < -0.39 is 122 Å². The van der Waals surface area contributed by atoms with E-state index in [1.807, 2.05) is 0 Å². The number of methoxy groups -OCH3 is 5. The van der Waals surface area contributed by atoms with Crippen LogP contribution in [0.1, 0.15) is 60.3 Å². The predicted octanol–water partition coefficient (Wildman–Crippen LogP) is 8.53. The lowest BCUT2D eigenvalue weighted by Crippen LogP contribution is -2.48. The van der Waals surface area contributed by atoms with E-state index in [0.717, 1.165) is 140 Å². The van der Waals surface area contributed by atoms with Crippen LogP contribution in [0.2, 0.25) is 5.15 Å². The van der Waals surface area contributed by atoms with Crippen molar-refractivity contribution in [2.75, 3.05) is 357 Å². The molecular weight excluding hydrogens is 1920 g/mol. The third kappa shape index (κ3) is 39.6. The summed E-state index contributed by atoms with van der Waals surface area (Å²) in [4.78, 5) is 45.2. The first kappa shape index (κ1) is 65.2. The maximum absolute atomic E-state index is 8.98. The van der Waals surface area contributed by atoms with Gasteiger partial charge in [-0.25, -0.2) is 24.9 Å². The molecule has 39 nitrogen and oxygen atoms in total. The van der Waals surface area contributed by atoms with E-state index in [4.69, 9.17) is 138 Å². The number of aromatic nitrogens is 10. The van der Waals surface area contributed by atoms with E-state index in [9.17, 15) is 0 Å². The molecule has 0 spiro atoms. The fourth-order valence-electron chi connectivity index (χ4n) is 13.6. The molecule has 11 heterocycles. The van der Waals surface area contributed by atoms with E-state index in [0.29, 0.717) is 80.9 Å². The lowest BCUT2D eigenvalue weighted by Gasteiger charge is -2.36. The van der Waals surface area contributed by atoms with Crippen molar-refractivity contribution in [3.8, 4) is 52.2 Å².